The molecule has 0 radical (unpaired) electrons. The number of anilines is 1. The third-order valence-electron chi connectivity index (χ3n) is 3.04. The molecular weight excluding hydrogens is 367 g/mol. The molecule has 2 aromatic carbocycles. The average Bonchev–Trinajstić information content (AvgIpc) is 2.40. The van der Waals surface area contributed by atoms with Crippen molar-refractivity contribution in [2.75, 3.05) is 5.32 Å². The molecule has 21 heavy (non-hydrogen) atoms. The van der Waals surface area contributed by atoms with Gasteiger partial charge >= 0.3 is 6.18 Å². The van der Waals surface area contributed by atoms with Crippen molar-refractivity contribution in [3.05, 3.63) is 62.6 Å². The van der Waals surface area contributed by atoms with E-state index in [4.69, 9.17) is 11.6 Å². The van der Waals surface area contributed by atoms with Gasteiger partial charge in [-0.3, -0.25) is 0 Å². The maximum Gasteiger partial charge on any atom is 0.416 e. The van der Waals surface area contributed by atoms with Gasteiger partial charge in [-0.05, 0) is 48.4 Å². The van der Waals surface area contributed by atoms with Crippen molar-refractivity contribution >= 4 is 33.2 Å². The summed E-state index contributed by atoms with van der Waals surface area (Å²) < 4.78 is 39.0. The molecule has 0 fully saturated rings. The Morgan fingerprint density at radius 1 is 1.14 bits per heavy atom. The Kier molecular flexibility index (Phi) is 4.84. The molecule has 0 aliphatic heterocycles. The number of hydrogen-bond acceptors (Lipinski definition) is 1. The first-order valence-electron chi connectivity index (χ1n) is 6.13. The van der Waals surface area contributed by atoms with E-state index in [0.717, 1.165) is 27.7 Å². The Balaban J connectivity index is 2.22. The molecule has 0 heterocycles. The molecular formula is C15H12BrClF3N. The Hall–Kier alpha value is -1.20. The summed E-state index contributed by atoms with van der Waals surface area (Å²) in [6.07, 6.45) is -4.35. The lowest BCUT2D eigenvalue weighted by molar-refractivity contribution is -0.137. The third kappa shape index (κ3) is 4.14. The summed E-state index contributed by atoms with van der Waals surface area (Å²) in [5.41, 5.74) is 1.41. The van der Waals surface area contributed by atoms with Crippen molar-refractivity contribution in [1.82, 2.24) is 0 Å². The number of alkyl halides is 3. The van der Waals surface area contributed by atoms with E-state index >= 15 is 0 Å². The topological polar surface area (TPSA) is 12.0 Å². The molecule has 0 atom stereocenters. The van der Waals surface area contributed by atoms with E-state index in [2.05, 4.69) is 21.2 Å². The molecule has 0 aromatic heterocycles. The number of nitrogens with one attached hydrogen (secondary N) is 1. The number of rotatable bonds is 3. The first kappa shape index (κ1) is 16.2. The lowest BCUT2D eigenvalue weighted by atomic mass is 10.1. The van der Waals surface area contributed by atoms with Gasteiger partial charge in [-0.2, -0.15) is 13.2 Å². The second-order valence-electron chi connectivity index (χ2n) is 4.62. The van der Waals surface area contributed by atoms with Crippen molar-refractivity contribution in [2.24, 2.45) is 0 Å². The summed E-state index contributed by atoms with van der Waals surface area (Å²) in [6.45, 7) is 2.14. The zero-order valence-electron chi connectivity index (χ0n) is 11.1. The van der Waals surface area contributed by atoms with Crippen LogP contribution in [0.3, 0.4) is 0 Å². The minimum Gasteiger partial charge on any atom is -0.381 e. The van der Waals surface area contributed by atoms with Crippen molar-refractivity contribution in [2.45, 2.75) is 19.6 Å². The number of halogens is 5. The van der Waals surface area contributed by atoms with E-state index in [1.54, 1.807) is 25.1 Å². The molecule has 2 aromatic rings. The molecule has 0 bridgehead atoms. The normalized spacial score (nSPS) is 11.5. The fraction of sp³-hybridized carbons (Fsp3) is 0.200. The van der Waals surface area contributed by atoms with Crippen LogP contribution >= 0.6 is 27.5 Å². The van der Waals surface area contributed by atoms with Gasteiger partial charge in [0.2, 0.25) is 0 Å². The summed E-state index contributed by atoms with van der Waals surface area (Å²) in [5, 5.41) is 3.60. The predicted molar refractivity (Wildman–Crippen MR) is 82.7 cm³/mol. The number of hydrogen-bond donors (Lipinski definition) is 1. The third-order valence-corrected chi connectivity index (χ3v) is 4.05. The smallest absolute Gasteiger partial charge is 0.381 e. The largest absolute Gasteiger partial charge is 0.416 e. The van der Waals surface area contributed by atoms with Crippen LogP contribution in [0.2, 0.25) is 5.02 Å². The fourth-order valence-electron chi connectivity index (χ4n) is 1.86. The lowest BCUT2D eigenvalue weighted by Gasteiger charge is -2.14. The molecule has 0 saturated heterocycles. The van der Waals surface area contributed by atoms with Gasteiger partial charge in [-0.25, -0.2) is 0 Å². The molecule has 0 aliphatic carbocycles. The van der Waals surface area contributed by atoms with E-state index in [1.165, 1.54) is 6.07 Å². The van der Waals surface area contributed by atoms with E-state index in [-0.39, 0.29) is 0 Å². The van der Waals surface area contributed by atoms with Crippen LogP contribution in [0.5, 0.6) is 0 Å². The van der Waals surface area contributed by atoms with Crippen LogP contribution in [0.25, 0.3) is 0 Å². The zero-order chi connectivity index (χ0) is 15.6. The van der Waals surface area contributed by atoms with E-state index in [0.29, 0.717) is 17.3 Å². The molecule has 1 N–H and O–H groups in total. The lowest BCUT2D eigenvalue weighted by Crippen LogP contribution is -2.08. The minimum atomic E-state index is -4.35. The van der Waals surface area contributed by atoms with Gasteiger partial charge in [0.25, 0.3) is 0 Å². The van der Waals surface area contributed by atoms with Gasteiger partial charge in [0, 0.05) is 21.7 Å². The standard InChI is InChI=1S/C15H12BrClF3N/c1-9-2-3-11(15(18,19)20)7-14(9)21-8-10-6-12(17)4-5-13(10)16/h2-7,21H,8H2,1H3. The summed E-state index contributed by atoms with van der Waals surface area (Å²) in [6, 6.07) is 8.96. The second kappa shape index (κ2) is 6.28. The Morgan fingerprint density at radius 3 is 2.52 bits per heavy atom. The van der Waals surface area contributed by atoms with Crippen molar-refractivity contribution in [3.8, 4) is 0 Å². The highest BCUT2D eigenvalue weighted by Crippen LogP contribution is 2.32. The van der Waals surface area contributed by atoms with Crippen molar-refractivity contribution < 1.29 is 13.2 Å². The second-order valence-corrected chi connectivity index (χ2v) is 5.91. The van der Waals surface area contributed by atoms with Crippen LogP contribution < -0.4 is 5.32 Å². The first-order chi connectivity index (χ1) is 9.77. The highest BCUT2D eigenvalue weighted by Gasteiger charge is 2.30. The maximum absolute atomic E-state index is 12.7. The van der Waals surface area contributed by atoms with Crippen LogP contribution in [-0.2, 0) is 12.7 Å². The number of aryl methyl sites for hydroxylation is 1. The first-order valence-corrected chi connectivity index (χ1v) is 7.30. The van der Waals surface area contributed by atoms with Crippen molar-refractivity contribution in [3.63, 3.8) is 0 Å². The average molecular weight is 379 g/mol. The SMILES string of the molecule is Cc1ccc(C(F)(F)F)cc1NCc1cc(Cl)ccc1Br. The molecule has 6 heteroatoms. The molecule has 1 nitrogen and oxygen atoms in total. The zero-order valence-corrected chi connectivity index (χ0v) is 13.4. The summed E-state index contributed by atoms with van der Waals surface area (Å²) in [7, 11) is 0. The van der Waals surface area contributed by atoms with Gasteiger partial charge < -0.3 is 5.32 Å². The van der Waals surface area contributed by atoms with Crippen molar-refractivity contribution in [1.29, 1.82) is 0 Å². The molecule has 2 rings (SSSR count). The Labute approximate surface area is 134 Å². The molecule has 0 aliphatic rings. The van der Waals surface area contributed by atoms with E-state index < -0.39 is 11.7 Å². The Morgan fingerprint density at radius 2 is 1.86 bits per heavy atom. The van der Waals surface area contributed by atoms with Crippen LogP contribution in [-0.4, -0.2) is 0 Å². The fourth-order valence-corrected chi connectivity index (χ4v) is 2.44. The Bertz CT molecular complexity index is 656. The molecule has 112 valence electrons. The maximum atomic E-state index is 12.7. The highest BCUT2D eigenvalue weighted by atomic mass is 79.9. The summed E-state index contributed by atoms with van der Waals surface area (Å²) in [5.74, 6) is 0. The monoisotopic (exact) mass is 377 g/mol. The van der Waals surface area contributed by atoms with E-state index in [9.17, 15) is 13.2 Å². The molecule has 0 saturated carbocycles. The highest BCUT2D eigenvalue weighted by molar-refractivity contribution is 9.10. The summed E-state index contributed by atoms with van der Waals surface area (Å²) in [4.78, 5) is 0. The molecule has 0 unspecified atom stereocenters. The van der Waals surface area contributed by atoms with Crippen LogP contribution in [0.4, 0.5) is 18.9 Å². The van der Waals surface area contributed by atoms with Crippen LogP contribution in [0.1, 0.15) is 16.7 Å². The van der Waals surface area contributed by atoms with Gasteiger partial charge in [0.15, 0.2) is 0 Å². The minimum absolute atomic E-state index is 0.378. The van der Waals surface area contributed by atoms with Gasteiger partial charge in [-0.15, -0.1) is 0 Å². The van der Waals surface area contributed by atoms with Gasteiger partial charge in [0.05, 0.1) is 5.56 Å². The van der Waals surface area contributed by atoms with Gasteiger partial charge in [0.1, 0.15) is 0 Å². The van der Waals surface area contributed by atoms with E-state index in [1.807, 2.05) is 0 Å². The number of benzene rings is 2. The van der Waals surface area contributed by atoms with Crippen LogP contribution in [0, 0.1) is 6.92 Å². The molecule has 0 amide bonds. The van der Waals surface area contributed by atoms with Gasteiger partial charge in [-0.1, -0.05) is 33.6 Å². The molecule has 0 spiro atoms. The quantitative estimate of drug-likeness (QED) is 0.686. The van der Waals surface area contributed by atoms with Crippen LogP contribution in [0.15, 0.2) is 40.9 Å². The predicted octanol–water partition coefficient (Wildman–Crippen LogP) is 6.04. The summed E-state index contributed by atoms with van der Waals surface area (Å²) >= 11 is 9.31.